The highest BCUT2D eigenvalue weighted by Crippen LogP contribution is 2.44. The molecule has 1 saturated carbocycles. The normalized spacial score (nSPS) is 21.5. The maximum Gasteiger partial charge on any atom is 0.312 e. The summed E-state index contributed by atoms with van der Waals surface area (Å²) in [4.78, 5) is 43.0. The Bertz CT molecular complexity index is 2890. The second-order valence-electron chi connectivity index (χ2n) is 20.0. The summed E-state index contributed by atoms with van der Waals surface area (Å²) >= 11 is 6.28. The largest absolute Gasteiger partial charge is 0.484 e. The number of nitro groups is 1. The lowest BCUT2D eigenvalue weighted by molar-refractivity contribution is -0.386. The molecule has 1 amide bonds. The standard InChI is InChI=1S/C52H61ClN8O8S/c1-52(2)18-16-37(44(33-52)35-4-6-38(53)7-5-35)34-57-21-23-58(24-22-57)40-10-14-43(45(31-40)60-20-3-27-68-51-47(60)30-36-17-19-54-49(36)55-51)50(62)56-70(65,66)42-13-15-48(46(32-42)61(63)64)69-41-11-8-39(9-12-41)59-25-28-67-29-26-59/h4-7,10,13-15,17,19,30-32,39,41H,3,8-9,11-12,16,18,20-29,33-34H2,1-2H3,(H,54,55)(H,56,62)/t39-,41-. The Morgan fingerprint density at radius 3 is 2.46 bits per heavy atom. The Hall–Kier alpha value is -5.72. The zero-order chi connectivity index (χ0) is 48.6. The van der Waals surface area contributed by atoms with Crippen LogP contribution < -0.4 is 24.0 Å². The fraction of sp³-hybridized carbons (Fsp3) is 0.462. The van der Waals surface area contributed by atoms with Crippen LogP contribution in [0.5, 0.6) is 11.6 Å². The number of sulfonamides is 1. The van der Waals surface area contributed by atoms with E-state index in [0.29, 0.717) is 61.7 Å². The number of halogens is 1. The number of nitrogens with one attached hydrogen (secondary N) is 2. The second-order valence-corrected chi connectivity index (χ2v) is 22.1. The van der Waals surface area contributed by atoms with Crippen molar-refractivity contribution in [2.45, 2.75) is 82.3 Å². The molecule has 2 N–H and O–H groups in total. The highest BCUT2D eigenvalue weighted by atomic mass is 35.5. The van der Waals surface area contributed by atoms with Crippen LogP contribution in [0.2, 0.25) is 5.02 Å². The number of aromatic nitrogens is 2. The molecule has 5 heterocycles. The van der Waals surface area contributed by atoms with Crippen LogP contribution in [0.25, 0.3) is 16.6 Å². The van der Waals surface area contributed by atoms with Crippen molar-refractivity contribution in [1.29, 1.82) is 0 Å². The van der Waals surface area contributed by atoms with Gasteiger partial charge in [0, 0.05) is 86.8 Å². The molecule has 0 bridgehead atoms. The van der Waals surface area contributed by atoms with Crippen LogP contribution >= 0.6 is 11.6 Å². The molecule has 2 aliphatic carbocycles. The molecule has 5 aliphatic rings. The van der Waals surface area contributed by atoms with Crippen molar-refractivity contribution in [2.75, 3.05) is 82.0 Å². The first kappa shape index (κ1) is 47.9. The number of amides is 1. The molecule has 3 aliphatic heterocycles. The number of carbonyl (C=O) groups is 1. The number of nitrogens with zero attached hydrogens (tertiary/aromatic N) is 6. The molecule has 370 valence electrons. The third kappa shape index (κ3) is 10.5. The van der Waals surface area contributed by atoms with Crippen LogP contribution in [-0.2, 0) is 14.8 Å². The highest BCUT2D eigenvalue weighted by Gasteiger charge is 2.34. The van der Waals surface area contributed by atoms with Gasteiger partial charge in [-0.05, 0) is 123 Å². The Balaban J connectivity index is 0.893. The Morgan fingerprint density at radius 2 is 1.70 bits per heavy atom. The summed E-state index contributed by atoms with van der Waals surface area (Å²) in [5.41, 5.74) is 6.65. The van der Waals surface area contributed by atoms with Gasteiger partial charge < -0.3 is 29.0 Å². The van der Waals surface area contributed by atoms with Gasteiger partial charge >= 0.3 is 5.69 Å². The van der Waals surface area contributed by atoms with Crippen molar-refractivity contribution in [2.24, 2.45) is 5.41 Å². The third-order valence-corrected chi connectivity index (χ3v) is 16.3. The van der Waals surface area contributed by atoms with Crippen LogP contribution in [0, 0.1) is 15.5 Å². The van der Waals surface area contributed by atoms with E-state index in [9.17, 15) is 23.3 Å². The zero-order valence-electron chi connectivity index (χ0n) is 39.8. The van der Waals surface area contributed by atoms with E-state index in [1.165, 1.54) is 28.8 Å². The number of nitro benzene ring substituents is 1. The molecule has 16 nitrogen and oxygen atoms in total. The number of H-pyrrole nitrogens is 1. The number of rotatable bonds is 12. The van der Waals surface area contributed by atoms with Crippen LogP contribution in [0.4, 0.5) is 22.7 Å². The lowest BCUT2D eigenvalue weighted by Gasteiger charge is -2.39. The average Bonchev–Trinajstić information content (AvgIpc) is 3.72. The summed E-state index contributed by atoms with van der Waals surface area (Å²) in [6.07, 6.45) is 8.58. The van der Waals surface area contributed by atoms with Crippen molar-refractivity contribution in [3.8, 4) is 11.6 Å². The molecule has 0 radical (unpaired) electrons. The number of hydrogen-bond donors (Lipinski definition) is 2. The van der Waals surface area contributed by atoms with E-state index in [0.717, 1.165) is 113 Å². The summed E-state index contributed by atoms with van der Waals surface area (Å²) in [5.74, 6) is -0.494. The van der Waals surface area contributed by atoms with Crippen molar-refractivity contribution in [3.63, 3.8) is 0 Å². The summed E-state index contributed by atoms with van der Waals surface area (Å²) in [6.45, 7) is 12.8. The minimum Gasteiger partial charge on any atom is -0.484 e. The molecule has 18 heteroatoms. The van der Waals surface area contributed by atoms with Crippen LogP contribution in [0.15, 0.2) is 89.5 Å². The number of piperazine rings is 1. The number of carbonyl (C=O) groups excluding carboxylic acids is 1. The first-order valence-electron chi connectivity index (χ1n) is 24.6. The number of fused-ring (bicyclic) bond motifs is 2. The van der Waals surface area contributed by atoms with Gasteiger partial charge in [0.05, 0.1) is 47.0 Å². The first-order chi connectivity index (χ1) is 33.8. The van der Waals surface area contributed by atoms with Crippen molar-refractivity contribution in [1.82, 2.24) is 24.5 Å². The topological polar surface area (TPSA) is 176 Å². The predicted molar refractivity (Wildman–Crippen MR) is 271 cm³/mol. The smallest absolute Gasteiger partial charge is 0.312 e. The van der Waals surface area contributed by atoms with Crippen LogP contribution in [0.1, 0.15) is 81.1 Å². The maximum atomic E-state index is 14.5. The first-order valence-corrected chi connectivity index (χ1v) is 26.4. The number of aromatic amines is 1. The van der Waals surface area contributed by atoms with Gasteiger partial charge in [-0.15, -0.1) is 0 Å². The fourth-order valence-electron chi connectivity index (χ4n) is 10.8. The molecule has 0 atom stereocenters. The molecule has 0 spiro atoms. The SMILES string of the molecule is CC1(C)CCC(CN2CCN(c3ccc(C(=O)NS(=O)(=O)c4ccc(O[C@H]5CC[C@H](N6CCOCC6)CC5)c([N+](=O)[O-])c4)c(N4CCCOc5nc6[nH]ccc6cc54)c3)CC2)=C(c2ccc(Cl)cc2)C1. The van der Waals surface area contributed by atoms with E-state index in [4.69, 9.17) is 30.8 Å². The van der Waals surface area contributed by atoms with Crippen molar-refractivity contribution in [3.05, 3.63) is 111 Å². The van der Waals surface area contributed by atoms with E-state index < -0.39 is 31.4 Å². The number of hydrogen-bond acceptors (Lipinski definition) is 13. The monoisotopic (exact) mass is 992 g/mol. The van der Waals surface area contributed by atoms with E-state index in [1.54, 1.807) is 12.3 Å². The minimum atomic E-state index is -4.61. The molecule has 10 rings (SSSR count). The van der Waals surface area contributed by atoms with Crippen LogP contribution in [0.3, 0.4) is 0 Å². The molecule has 2 aromatic heterocycles. The Labute approximate surface area is 414 Å². The van der Waals surface area contributed by atoms with Gasteiger partial charge in [-0.25, -0.2) is 13.1 Å². The van der Waals surface area contributed by atoms with Gasteiger partial charge in [0.25, 0.3) is 15.9 Å². The number of morpholine rings is 1. The fourth-order valence-corrected chi connectivity index (χ4v) is 12.0. The van der Waals surface area contributed by atoms with E-state index in [1.807, 2.05) is 41.3 Å². The van der Waals surface area contributed by atoms with Gasteiger partial charge in [-0.1, -0.05) is 43.2 Å². The Morgan fingerprint density at radius 1 is 0.929 bits per heavy atom. The van der Waals surface area contributed by atoms with Gasteiger partial charge in [0.2, 0.25) is 5.88 Å². The summed E-state index contributed by atoms with van der Waals surface area (Å²) in [6, 6.07) is 21.5. The summed E-state index contributed by atoms with van der Waals surface area (Å²) < 4.78 is 48.3. The molecule has 70 heavy (non-hydrogen) atoms. The number of benzene rings is 3. The van der Waals surface area contributed by atoms with Crippen LogP contribution in [-0.4, -0.2) is 123 Å². The van der Waals surface area contributed by atoms with Gasteiger partial charge in [0.15, 0.2) is 5.75 Å². The van der Waals surface area contributed by atoms with Crippen molar-refractivity contribution >= 4 is 66.9 Å². The highest BCUT2D eigenvalue weighted by molar-refractivity contribution is 7.90. The van der Waals surface area contributed by atoms with Gasteiger partial charge in [-0.2, -0.15) is 4.98 Å². The van der Waals surface area contributed by atoms with Gasteiger partial charge in [0.1, 0.15) is 11.3 Å². The third-order valence-electron chi connectivity index (χ3n) is 14.7. The predicted octanol–water partition coefficient (Wildman–Crippen LogP) is 8.97. The Kier molecular flexibility index (Phi) is 13.8. The van der Waals surface area contributed by atoms with E-state index in [-0.39, 0.29) is 22.8 Å². The lowest BCUT2D eigenvalue weighted by atomic mass is 9.72. The molecule has 2 saturated heterocycles. The number of anilines is 3. The number of pyridine rings is 1. The lowest BCUT2D eigenvalue weighted by Crippen LogP contribution is -2.47. The number of allylic oxidation sites excluding steroid dienone is 1. The molecule has 5 aromatic rings. The summed E-state index contributed by atoms with van der Waals surface area (Å²) in [5, 5.41) is 14.0. The summed E-state index contributed by atoms with van der Waals surface area (Å²) in [7, 11) is -4.61. The van der Waals surface area contributed by atoms with Crippen molar-refractivity contribution < 1.29 is 32.3 Å². The van der Waals surface area contributed by atoms with E-state index >= 15 is 0 Å². The van der Waals surface area contributed by atoms with E-state index in [2.05, 4.69) is 50.4 Å². The molecule has 3 fully saturated rings. The maximum absolute atomic E-state index is 14.5. The zero-order valence-corrected chi connectivity index (χ0v) is 41.4. The number of ether oxygens (including phenoxy) is 3. The minimum absolute atomic E-state index is 0.00574. The molecular formula is C52H61ClN8O8S. The molecular weight excluding hydrogens is 932 g/mol. The average molecular weight is 994 g/mol. The van der Waals surface area contributed by atoms with Gasteiger partial charge in [-0.3, -0.25) is 24.7 Å². The molecule has 3 aromatic carbocycles. The molecule has 0 unspecified atom stereocenters. The second kappa shape index (κ2) is 20.2. The quantitative estimate of drug-likeness (QED) is 0.0896.